The fourth-order valence-electron chi connectivity index (χ4n) is 2.15. The molecule has 0 bridgehead atoms. The number of carbonyl (C=O) groups is 1. The predicted octanol–water partition coefficient (Wildman–Crippen LogP) is 0.224. The average Bonchev–Trinajstić information content (AvgIpc) is 2.27. The minimum atomic E-state index is -0.615. The van der Waals surface area contributed by atoms with Gasteiger partial charge in [-0.25, -0.2) is 8.78 Å². The van der Waals surface area contributed by atoms with Gasteiger partial charge in [0.2, 0.25) is 5.91 Å². The highest BCUT2D eigenvalue weighted by atomic mass is 19.1. The van der Waals surface area contributed by atoms with Gasteiger partial charge in [0.25, 0.3) is 0 Å². The molecule has 1 aliphatic heterocycles. The lowest BCUT2D eigenvalue weighted by Gasteiger charge is -2.34. The van der Waals surface area contributed by atoms with E-state index in [1.807, 2.05) is 4.90 Å². The van der Waals surface area contributed by atoms with E-state index in [1.54, 1.807) is 0 Å². The first-order chi connectivity index (χ1) is 8.56. The first-order valence-electron chi connectivity index (χ1n) is 5.75. The number of hydrogen-bond acceptors (Lipinski definition) is 3. The summed E-state index contributed by atoms with van der Waals surface area (Å²) in [7, 11) is 0. The Morgan fingerprint density at radius 2 is 2.06 bits per heavy atom. The molecule has 2 rings (SSSR count). The minimum Gasteiger partial charge on any atom is -0.368 e. The molecule has 6 heteroatoms. The first kappa shape index (κ1) is 12.9. The second-order valence-corrected chi connectivity index (χ2v) is 4.37. The van der Waals surface area contributed by atoms with E-state index in [1.165, 1.54) is 12.1 Å². The van der Waals surface area contributed by atoms with Gasteiger partial charge in [-0.2, -0.15) is 0 Å². The number of carbonyl (C=O) groups excluding carboxylic acids is 1. The molecule has 4 nitrogen and oxygen atoms in total. The Morgan fingerprint density at radius 3 is 2.67 bits per heavy atom. The Labute approximate surface area is 104 Å². The van der Waals surface area contributed by atoms with Crippen molar-refractivity contribution in [3.63, 3.8) is 0 Å². The van der Waals surface area contributed by atoms with Crippen LogP contribution in [0.15, 0.2) is 18.2 Å². The van der Waals surface area contributed by atoms with Gasteiger partial charge in [-0.15, -0.1) is 0 Å². The zero-order chi connectivity index (χ0) is 13.1. The number of nitrogens with two attached hydrogens (primary N) is 1. The molecular weight excluding hydrogens is 240 g/mol. The fraction of sp³-hybridized carbons (Fsp3) is 0.417. The Kier molecular flexibility index (Phi) is 3.88. The molecule has 1 aromatic carbocycles. The summed E-state index contributed by atoms with van der Waals surface area (Å²) in [5.41, 5.74) is 5.80. The highest BCUT2D eigenvalue weighted by Crippen LogP contribution is 2.13. The molecule has 0 spiro atoms. The highest BCUT2D eigenvalue weighted by molar-refractivity contribution is 5.80. The Bertz CT molecular complexity index is 433. The smallest absolute Gasteiger partial charge is 0.236 e. The van der Waals surface area contributed by atoms with Crippen LogP contribution >= 0.6 is 0 Å². The number of primary amides is 1. The molecule has 1 aliphatic rings. The van der Waals surface area contributed by atoms with Crippen molar-refractivity contribution in [3.05, 3.63) is 35.4 Å². The van der Waals surface area contributed by atoms with E-state index in [0.717, 1.165) is 12.6 Å². The number of piperazine rings is 1. The molecule has 1 atom stereocenters. The maximum absolute atomic E-state index is 13.1. The third-order valence-corrected chi connectivity index (χ3v) is 2.99. The molecule has 1 aromatic rings. The lowest BCUT2D eigenvalue weighted by Crippen LogP contribution is -2.56. The predicted molar refractivity (Wildman–Crippen MR) is 62.6 cm³/mol. The SMILES string of the molecule is NC(=O)C1CNCCN1Cc1cc(F)cc(F)c1. The number of rotatable bonds is 3. The van der Waals surface area contributed by atoms with E-state index in [2.05, 4.69) is 5.32 Å². The maximum atomic E-state index is 13.1. The van der Waals surface area contributed by atoms with Crippen LogP contribution in [0, 0.1) is 11.6 Å². The molecule has 1 fully saturated rings. The molecule has 1 amide bonds. The summed E-state index contributed by atoms with van der Waals surface area (Å²) in [6.07, 6.45) is 0. The maximum Gasteiger partial charge on any atom is 0.236 e. The van der Waals surface area contributed by atoms with E-state index >= 15 is 0 Å². The van der Waals surface area contributed by atoms with Gasteiger partial charge in [0.1, 0.15) is 17.7 Å². The summed E-state index contributed by atoms with van der Waals surface area (Å²) in [4.78, 5) is 13.1. The normalized spacial score (nSPS) is 20.9. The van der Waals surface area contributed by atoms with Gasteiger partial charge in [0, 0.05) is 32.2 Å². The summed E-state index contributed by atoms with van der Waals surface area (Å²) in [6.45, 7) is 2.12. The second kappa shape index (κ2) is 5.41. The van der Waals surface area contributed by atoms with E-state index in [-0.39, 0.29) is 0 Å². The second-order valence-electron chi connectivity index (χ2n) is 4.37. The molecular formula is C12H15F2N3O. The van der Waals surface area contributed by atoms with Crippen LogP contribution < -0.4 is 11.1 Å². The van der Waals surface area contributed by atoms with Crippen LogP contribution in [0.5, 0.6) is 0 Å². The van der Waals surface area contributed by atoms with Crippen LogP contribution in [0.4, 0.5) is 8.78 Å². The zero-order valence-corrected chi connectivity index (χ0v) is 9.83. The quantitative estimate of drug-likeness (QED) is 0.812. The number of hydrogen-bond donors (Lipinski definition) is 2. The van der Waals surface area contributed by atoms with Gasteiger partial charge in [0.15, 0.2) is 0 Å². The van der Waals surface area contributed by atoms with Crippen LogP contribution in [-0.2, 0) is 11.3 Å². The fourth-order valence-corrected chi connectivity index (χ4v) is 2.15. The van der Waals surface area contributed by atoms with Crippen LogP contribution in [0.25, 0.3) is 0 Å². The Hall–Kier alpha value is -1.53. The molecule has 98 valence electrons. The molecule has 0 radical (unpaired) electrons. The van der Waals surface area contributed by atoms with Crippen LogP contribution in [-0.4, -0.2) is 36.5 Å². The number of halogens is 2. The lowest BCUT2D eigenvalue weighted by molar-refractivity contribution is -0.124. The topological polar surface area (TPSA) is 58.4 Å². The van der Waals surface area contributed by atoms with E-state index in [9.17, 15) is 13.6 Å². The van der Waals surface area contributed by atoms with Crippen LogP contribution in [0.2, 0.25) is 0 Å². The van der Waals surface area contributed by atoms with E-state index < -0.39 is 23.6 Å². The molecule has 1 unspecified atom stereocenters. The van der Waals surface area contributed by atoms with Crippen molar-refractivity contribution in [2.75, 3.05) is 19.6 Å². The number of benzene rings is 1. The molecule has 3 N–H and O–H groups in total. The van der Waals surface area contributed by atoms with Gasteiger partial charge in [0.05, 0.1) is 0 Å². The van der Waals surface area contributed by atoms with Gasteiger partial charge >= 0.3 is 0 Å². The Balaban J connectivity index is 2.13. The van der Waals surface area contributed by atoms with Crippen molar-refractivity contribution in [3.8, 4) is 0 Å². The molecule has 1 saturated heterocycles. The largest absolute Gasteiger partial charge is 0.368 e. The van der Waals surface area contributed by atoms with Crippen LogP contribution in [0.1, 0.15) is 5.56 Å². The van der Waals surface area contributed by atoms with Crippen molar-refractivity contribution in [1.29, 1.82) is 0 Å². The summed E-state index contributed by atoms with van der Waals surface area (Å²) >= 11 is 0. The summed E-state index contributed by atoms with van der Waals surface area (Å²) in [5, 5.41) is 3.06. The standard InChI is InChI=1S/C12H15F2N3O/c13-9-3-8(4-10(14)5-9)7-17-2-1-16-6-11(17)12(15)18/h3-5,11,16H,1-2,6-7H2,(H2,15,18). The molecule has 0 aliphatic carbocycles. The number of nitrogens with one attached hydrogen (secondary N) is 1. The third kappa shape index (κ3) is 3.02. The van der Waals surface area contributed by atoms with E-state index in [4.69, 9.17) is 5.73 Å². The van der Waals surface area contributed by atoms with Crippen molar-refractivity contribution in [1.82, 2.24) is 10.2 Å². The zero-order valence-electron chi connectivity index (χ0n) is 9.83. The van der Waals surface area contributed by atoms with Crippen molar-refractivity contribution in [2.24, 2.45) is 5.73 Å². The summed E-state index contributed by atoms with van der Waals surface area (Å²) in [5.74, 6) is -1.66. The average molecular weight is 255 g/mol. The monoisotopic (exact) mass is 255 g/mol. The molecule has 0 saturated carbocycles. The molecule has 0 aromatic heterocycles. The van der Waals surface area contributed by atoms with Crippen LogP contribution in [0.3, 0.4) is 0 Å². The molecule has 1 heterocycles. The number of nitrogens with zero attached hydrogens (tertiary/aromatic N) is 1. The van der Waals surface area contributed by atoms with Crippen molar-refractivity contribution in [2.45, 2.75) is 12.6 Å². The van der Waals surface area contributed by atoms with Gasteiger partial charge < -0.3 is 11.1 Å². The Morgan fingerprint density at radius 1 is 1.39 bits per heavy atom. The first-order valence-corrected chi connectivity index (χ1v) is 5.75. The third-order valence-electron chi connectivity index (χ3n) is 2.99. The minimum absolute atomic E-state index is 0.309. The van der Waals surface area contributed by atoms with Crippen molar-refractivity contribution >= 4 is 5.91 Å². The van der Waals surface area contributed by atoms with Crippen molar-refractivity contribution < 1.29 is 13.6 Å². The summed E-state index contributed by atoms with van der Waals surface area (Å²) in [6, 6.07) is 2.92. The van der Waals surface area contributed by atoms with Gasteiger partial charge in [-0.3, -0.25) is 9.69 Å². The van der Waals surface area contributed by atoms with E-state index in [0.29, 0.717) is 25.2 Å². The lowest BCUT2D eigenvalue weighted by atomic mass is 10.1. The number of amides is 1. The van der Waals surface area contributed by atoms with Gasteiger partial charge in [-0.05, 0) is 17.7 Å². The highest BCUT2D eigenvalue weighted by Gasteiger charge is 2.26. The molecule has 18 heavy (non-hydrogen) atoms. The summed E-state index contributed by atoms with van der Waals surface area (Å²) < 4.78 is 26.2. The van der Waals surface area contributed by atoms with Gasteiger partial charge in [-0.1, -0.05) is 0 Å².